The van der Waals surface area contributed by atoms with Crippen LogP contribution in [0.25, 0.3) is 0 Å². The highest BCUT2D eigenvalue weighted by atomic mass is 19.1. The van der Waals surface area contributed by atoms with Gasteiger partial charge in [0, 0.05) is 57.6 Å². The van der Waals surface area contributed by atoms with E-state index in [1.165, 1.54) is 6.20 Å². The molecule has 28 heavy (non-hydrogen) atoms. The Hall–Kier alpha value is -2.94. The Balaban J connectivity index is 1.38. The second-order valence-corrected chi connectivity index (χ2v) is 7.05. The number of nitrogens with one attached hydrogen (secondary N) is 3. The molecule has 2 aromatic rings. The van der Waals surface area contributed by atoms with Crippen molar-refractivity contribution in [1.29, 1.82) is 0 Å². The molecule has 1 amide bonds. The van der Waals surface area contributed by atoms with Crippen molar-refractivity contribution in [3.8, 4) is 0 Å². The number of carbonyl (C=O) groups is 1. The number of nitrogens with zero attached hydrogens (tertiary/aromatic N) is 4. The van der Waals surface area contributed by atoms with E-state index in [-0.39, 0.29) is 17.8 Å². The maximum Gasteiger partial charge on any atom is 0.229 e. The van der Waals surface area contributed by atoms with Gasteiger partial charge in [-0.15, -0.1) is 0 Å². The van der Waals surface area contributed by atoms with Crippen molar-refractivity contribution >= 4 is 29.0 Å². The third-order valence-electron chi connectivity index (χ3n) is 5.08. The molecule has 2 fully saturated rings. The number of halogens is 1. The number of anilines is 4. The summed E-state index contributed by atoms with van der Waals surface area (Å²) in [6, 6.07) is 8.13. The maximum atomic E-state index is 13.9. The Labute approximate surface area is 163 Å². The minimum absolute atomic E-state index is 0.126. The van der Waals surface area contributed by atoms with E-state index in [1.807, 2.05) is 29.2 Å². The molecule has 1 aromatic carbocycles. The quantitative estimate of drug-likeness (QED) is 0.718. The lowest BCUT2D eigenvalue weighted by Gasteiger charge is -2.35. The smallest absolute Gasteiger partial charge is 0.229 e. The average molecular weight is 385 g/mol. The number of piperazine rings is 1. The van der Waals surface area contributed by atoms with Crippen LogP contribution in [-0.4, -0.2) is 66.1 Å². The van der Waals surface area contributed by atoms with E-state index in [4.69, 9.17) is 0 Å². The summed E-state index contributed by atoms with van der Waals surface area (Å²) in [6.45, 7) is 6.33. The Kier molecular flexibility index (Phi) is 5.25. The fourth-order valence-corrected chi connectivity index (χ4v) is 3.28. The lowest BCUT2D eigenvalue weighted by atomic mass is 10.2. The summed E-state index contributed by atoms with van der Waals surface area (Å²) in [5, 5.41) is 9.32. The lowest BCUT2D eigenvalue weighted by molar-refractivity contribution is -0.129. The van der Waals surface area contributed by atoms with Crippen LogP contribution in [-0.2, 0) is 4.79 Å². The molecule has 0 aliphatic carbocycles. The highest BCUT2D eigenvalue weighted by molar-refractivity contribution is 5.73. The molecule has 2 saturated heterocycles. The van der Waals surface area contributed by atoms with Crippen molar-refractivity contribution < 1.29 is 9.18 Å². The second-order valence-electron chi connectivity index (χ2n) is 7.05. The van der Waals surface area contributed by atoms with Gasteiger partial charge in [-0.1, -0.05) is 0 Å². The lowest BCUT2D eigenvalue weighted by Crippen LogP contribution is -2.51. The normalized spacial score (nSPS) is 17.2. The molecule has 4 rings (SSSR count). The van der Waals surface area contributed by atoms with E-state index in [0.717, 1.165) is 50.6 Å². The van der Waals surface area contributed by atoms with E-state index in [2.05, 4.69) is 30.8 Å². The Morgan fingerprint density at radius 2 is 1.89 bits per heavy atom. The van der Waals surface area contributed by atoms with Crippen LogP contribution >= 0.6 is 0 Å². The van der Waals surface area contributed by atoms with Crippen LogP contribution in [0.1, 0.15) is 6.92 Å². The first kappa shape index (κ1) is 18.4. The predicted molar refractivity (Wildman–Crippen MR) is 106 cm³/mol. The zero-order chi connectivity index (χ0) is 19.5. The average Bonchev–Trinajstić information content (AvgIpc) is 2.67. The number of carbonyl (C=O) groups excluding carboxylic acids is 1. The summed E-state index contributed by atoms with van der Waals surface area (Å²) in [5.41, 5.74) is 1.93. The molecule has 2 aliphatic heterocycles. The van der Waals surface area contributed by atoms with Gasteiger partial charge in [-0.2, -0.15) is 4.98 Å². The van der Waals surface area contributed by atoms with Gasteiger partial charge in [0.15, 0.2) is 11.6 Å². The third kappa shape index (κ3) is 4.14. The molecule has 1 aromatic heterocycles. The molecule has 148 valence electrons. The van der Waals surface area contributed by atoms with Crippen molar-refractivity contribution in [3.05, 3.63) is 36.3 Å². The first-order chi connectivity index (χ1) is 13.6. The number of hydrogen-bond acceptors (Lipinski definition) is 7. The molecule has 3 heterocycles. The van der Waals surface area contributed by atoms with E-state index in [9.17, 15) is 9.18 Å². The summed E-state index contributed by atoms with van der Waals surface area (Å²) < 4.78 is 13.9. The summed E-state index contributed by atoms with van der Waals surface area (Å²) in [4.78, 5) is 23.8. The van der Waals surface area contributed by atoms with Gasteiger partial charge in [0.05, 0.1) is 12.2 Å². The maximum absolute atomic E-state index is 13.9. The molecule has 0 atom stereocenters. The van der Waals surface area contributed by atoms with Crippen molar-refractivity contribution in [2.24, 2.45) is 0 Å². The number of hydrogen-bond donors (Lipinski definition) is 3. The number of amides is 1. The van der Waals surface area contributed by atoms with E-state index >= 15 is 0 Å². The zero-order valence-electron chi connectivity index (χ0n) is 15.8. The van der Waals surface area contributed by atoms with Crippen LogP contribution in [0.4, 0.5) is 27.5 Å². The van der Waals surface area contributed by atoms with E-state index < -0.39 is 5.82 Å². The molecule has 0 bridgehead atoms. The summed E-state index contributed by atoms with van der Waals surface area (Å²) in [7, 11) is 0. The zero-order valence-corrected chi connectivity index (χ0v) is 15.8. The van der Waals surface area contributed by atoms with Crippen LogP contribution in [0.5, 0.6) is 0 Å². The molecule has 0 saturated carbocycles. The standard InChI is InChI=1S/C19H24FN7O/c1-13(28)26-6-8-27(9-7-26)16-4-2-14(3-5-16)24-19-22-12-17(20)18(25-19)23-15-10-21-11-15/h2-5,12,15,21H,6-11H2,1H3,(H2,22,23,24,25). The van der Waals surface area contributed by atoms with Gasteiger partial charge >= 0.3 is 0 Å². The number of rotatable bonds is 5. The van der Waals surface area contributed by atoms with Crippen molar-refractivity contribution in [2.45, 2.75) is 13.0 Å². The fraction of sp³-hybridized carbons (Fsp3) is 0.421. The molecular formula is C19H24FN7O. The minimum Gasteiger partial charge on any atom is -0.368 e. The summed E-state index contributed by atoms with van der Waals surface area (Å²) in [6.07, 6.45) is 1.17. The molecule has 2 aliphatic rings. The fourth-order valence-electron chi connectivity index (χ4n) is 3.28. The largest absolute Gasteiger partial charge is 0.368 e. The SMILES string of the molecule is CC(=O)N1CCN(c2ccc(Nc3ncc(F)c(NC4CNC4)n3)cc2)CC1. The van der Waals surface area contributed by atoms with Gasteiger partial charge in [0.25, 0.3) is 0 Å². The van der Waals surface area contributed by atoms with Crippen LogP contribution in [0.3, 0.4) is 0 Å². The van der Waals surface area contributed by atoms with Gasteiger partial charge in [-0.3, -0.25) is 4.79 Å². The first-order valence-electron chi connectivity index (χ1n) is 9.46. The number of benzene rings is 1. The molecule has 0 unspecified atom stereocenters. The van der Waals surface area contributed by atoms with Crippen LogP contribution in [0.15, 0.2) is 30.5 Å². The monoisotopic (exact) mass is 385 g/mol. The predicted octanol–water partition coefficient (Wildman–Crippen LogP) is 1.41. The van der Waals surface area contributed by atoms with Gasteiger partial charge in [-0.05, 0) is 24.3 Å². The molecule has 8 nitrogen and oxygen atoms in total. The first-order valence-corrected chi connectivity index (χ1v) is 9.46. The van der Waals surface area contributed by atoms with E-state index in [1.54, 1.807) is 6.92 Å². The highest BCUT2D eigenvalue weighted by Crippen LogP contribution is 2.22. The van der Waals surface area contributed by atoms with Crippen LogP contribution in [0.2, 0.25) is 0 Å². The topological polar surface area (TPSA) is 85.4 Å². The number of aromatic nitrogens is 2. The van der Waals surface area contributed by atoms with Gasteiger partial charge in [0.2, 0.25) is 11.9 Å². The van der Waals surface area contributed by atoms with Gasteiger partial charge in [-0.25, -0.2) is 9.37 Å². The van der Waals surface area contributed by atoms with Crippen molar-refractivity contribution in [2.75, 3.05) is 54.8 Å². The van der Waals surface area contributed by atoms with Crippen molar-refractivity contribution in [3.63, 3.8) is 0 Å². The summed E-state index contributed by atoms with van der Waals surface area (Å²) in [5.74, 6) is 0.224. The summed E-state index contributed by atoms with van der Waals surface area (Å²) >= 11 is 0. The van der Waals surface area contributed by atoms with Crippen LogP contribution in [0, 0.1) is 5.82 Å². The van der Waals surface area contributed by atoms with Gasteiger partial charge in [0.1, 0.15) is 0 Å². The Morgan fingerprint density at radius 1 is 1.18 bits per heavy atom. The van der Waals surface area contributed by atoms with Crippen LogP contribution < -0.4 is 20.9 Å². The molecule has 0 spiro atoms. The minimum atomic E-state index is -0.461. The molecule has 0 radical (unpaired) electrons. The third-order valence-corrected chi connectivity index (χ3v) is 5.08. The Morgan fingerprint density at radius 3 is 2.50 bits per heavy atom. The molecular weight excluding hydrogens is 361 g/mol. The molecule has 3 N–H and O–H groups in total. The molecule has 9 heteroatoms. The van der Waals surface area contributed by atoms with Gasteiger partial charge < -0.3 is 25.8 Å². The van der Waals surface area contributed by atoms with E-state index in [0.29, 0.717) is 5.95 Å². The second kappa shape index (κ2) is 7.97. The Bertz CT molecular complexity index is 833. The van der Waals surface area contributed by atoms with Crippen molar-refractivity contribution in [1.82, 2.24) is 20.2 Å². The highest BCUT2D eigenvalue weighted by Gasteiger charge is 2.20.